The highest BCUT2D eigenvalue weighted by molar-refractivity contribution is 5.82. The number of carboxylic acid groups (broad SMARTS) is 1. The number of nitrogens with zero attached hydrogens (tertiary/aromatic N) is 1. The second-order valence-corrected chi connectivity index (χ2v) is 4.56. The minimum Gasteiger partial charge on any atom is -0.480 e. The molecule has 2 heterocycles. The number of piperidine rings is 1. The Kier molecular flexibility index (Phi) is 3.14. The number of rotatable bonds is 3. The molecule has 5 nitrogen and oxygen atoms in total. The van der Waals surface area contributed by atoms with E-state index in [2.05, 4.69) is 5.32 Å². The first-order chi connectivity index (χ1) is 7.65. The number of carbonyl (C=O) groups is 2. The van der Waals surface area contributed by atoms with Crippen LogP contribution in [0.5, 0.6) is 0 Å². The first-order valence-electron chi connectivity index (χ1n) is 5.91. The monoisotopic (exact) mass is 226 g/mol. The lowest BCUT2D eigenvalue weighted by Gasteiger charge is -2.39. The fourth-order valence-corrected chi connectivity index (χ4v) is 2.92. The molecule has 2 fully saturated rings. The molecule has 1 amide bonds. The number of hydrogen-bond donors (Lipinski definition) is 2. The predicted molar refractivity (Wildman–Crippen MR) is 57.9 cm³/mol. The van der Waals surface area contributed by atoms with E-state index in [1.165, 1.54) is 0 Å². The highest BCUT2D eigenvalue weighted by atomic mass is 16.4. The summed E-state index contributed by atoms with van der Waals surface area (Å²) in [6, 6.07) is -0.359. The van der Waals surface area contributed by atoms with Crippen molar-refractivity contribution in [3.05, 3.63) is 0 Å². The average molecular weight is 226 g/mol. The van der Waals surface area contributed by atoms with Gasteiger partial charge in [-0.3, -0.25) is 14.5 Å². The van der Waals surface area contributed by atoms with Crippen LogP contribution in [0.15, 0.2) is 0 Å². The molecule has 90 valence electrons. The van der Waals surface area contributed by atoms with Crippen LogP contribution in [-0.4, -0.2) is 47.1 Å². The maximum atomic E-state index is 11.5. The van der Waals surface area contributed by atoms with Crippen LogP contribution in [0.2, 0.25) is 0 Å². The summed E-state index contributed by atoms with van der Waals surface area (Å²) in [7, 11) is 0. The van der Waals surface area contributed by atoms with Gasteiger partial charge in [-0.1, -0.05) is 6.92 Å². The van der Waals surface area contributed by atoms with Crippen LogP contribution in [-0.2, 0) is 9.59 Å². The summed E-state index contributed by atoms with van der Waals surface area (Å²) >= 11 is 0. The van der Waals surface area contributed by atoms with Gasteiger partial charge in [0.25, 0.3) is 0 Å². The van der Waals surface area contributed by atoms with Crippen molar-refractivity contribution < 1.29 is 14.7 Å². The van der Waals surface area contributed by atoms with Crippen LogP contribution in [0.3, 0.4) is 0 Å². The van der Waals surface area contributed by atoms with E-state index in [9.17, 15) is 9.59 Å². The zero-order valence-electron chi connectivity index (χ0n) is 9.48. The first kappa shape index (κ1) is 11.4. The van der Waals surface area contributed by atoms with Gasteiger partial charge in [0.1, 0.15) is 6.04 Å². The minimum absolute atomic E-state index is 0.00199. The lowest BCUT2D eigenvalue weighted by molar-refractivity contribution is -0.146. The average Bonchev–Trinajstić information content (AvgIpc) is 2.62. The smallest absolute Gasteiger partial charge is 0.320 e. The highest BCUT2D eigenvalue weighted by Gasteiger charge is 2.44. The van der Waals surface area contributed by atoms with Crippen molar-refractivity contribution in [2.45, 2.75) is 38.3 Å². The molecule has 0 spiro atoms. The Balaban J connectivity index is 2.15. The number of carboxylic acids is 1. The third kappa shape index (κ3) is 1.80. The number of fused-ring (bicyclic) bond motifs is 1. The number of nitrogens with one attached hydrogen (secondary N) is 1. The fraction of sp³-hybridized carbons (Fsp3) is 0.818. The van der Waals surface area contributed by atoms with Gasteiger partial charge in [0.2, 0.25) is 5.91 Å². The van der Waals surface area contributed by atoms with Crippen molar-refractivity contribution in [3.63, 3.8) is 0 Å². The maximum absolute atomic E-state index is 11.5. The molecule has 0 aromatic rings. The van der Waals surface area contributed by atoms with E-state index >= 15 is 0 Å². The number of aliphatic carboxylic acids is 1. The van der Waals surface area contributed by atoms with Crippen LogP contribution < -0.4 is 5.32 Å². The minimum atomic E-state index is -0.775. The number of amides is 1. The summed E-state index contributed by atoms with van der Waals surface area (Å²) in [5.74, 6) is -0.681. The second kappa shape index (κ2) is 4.41. The molecule has 5 heteroatoms. The van der Waals surface area contributed by atoms with Crippen molar-refractivity contribution >= 4 is 11.9 Å². The van der Waals surface area contributed by atoms with E-state index in [4.69, 9.17) is 5.11 Å². The van der Waals surface area contributed by atoms with Crippen molar-refractivity contribution in [3.8, 4) is 0 Å². The molecular weight excluding hydrogens is 208 g/mol. The molecule has 3 atom stereocenters. The summed E-state index contributed by atoms with van der Waals surface area (Å²) in [5.41, 5.74) is 0. The normalized spacial score (nSPS) is 31.9. The van der Waals surface area contributed by atoms with Gasteiger partial charge in [0.15, 0.2) is 0 Å². The lowest BCUT2D eigenvalue weighted by atomic mass is 9.90. The molecular formula is C11H18N2O3. The second-order valence-electron chi connectivity index (χ2n) is 4.56. The van der Waals surface area contributed by atoms with E-state index < -0.39 is 12.0 Å². The Labute approximate surface area is 94.8 Å². The van der Waals surface area contributed by atoms with Gasteiger partial charge >= 0.3 is 5.97 Å². The zero-order valence-corrected chi connectivity index (χ0v) is 9.48. The standard InChI is InChI=1S/C11H18N2O3/c1-2-8(11(15)16)13-5-3-4-7-9(13)6-12-10(7)14/h7-9H,2-6H2,1H3,(H,12,14)(H,15,16). The van der Waals surface area contributed by atoms with Crippen LogP contribution in [0.1, 0.15) is 26.2 Å². The Morgan fingerprint density at radius 2 is 2.44 bits per heavy atom. The van der Waals surface area contributed by atoms with Crippen molar-refractivity contribution in [1.82, 2.24) is 10.2 Å². The zero-order chi connectivity index (χ0) is 11.7. The molecule has 2 aliphatic heterocycles. The van der Waals surface area contributed by atoms with Gasteiger partial charge in [-0.2, -0.15) is 0 Å². The van der Waals surface area contributed by atoms with Crippen molar-refractivity contribution in [2.24, 2.45) is 5.92 Å². The Bertz CT molecular complexity index is 306. The summed E-state index contributed by atoms with van der Waals surface area (Å²) in [6.45, 7) is 3.28. The molecule has 2 saturated heterocycles. The van der Waals surface area contributed by atoms with Gasteiger partial charge in [-0.15, -0.1) is 0 Å². The van der Waals surface area contributed by atoms with E-state index in [0.29, 0.717) is 13.0 Å². The fourth-order valence-electron chi connectivity index (χ4n) is 2.92. The molecule has 0 aromatic heterocycles. The Morgan fingerprint density at radius 3 is 3.06 bits per heavy atom. The number of likely N-dealkylation sites (tertiary alicyclic amines) is 1. The molecule has 2 aliphatic rings. The van der Waals surface area contributed by atoms with Crippen LogP contribution >= 0.6 is 0 Å². The third-order valence-electron chi connectivity index (χ3n) is 3.72. The lowest BCUT2D eigenvalue weighted by Crippen LogP contribution is -2.53. The van der Waals surface area contributed by atoms with E-state index in [1.807, 2.05) is 11.8 Å². The molecule has 0 aliphatic carbocycles. The largest absolute Gasteiger partial charge is 0.480 e. The van der Waals surface area contributed by atoms with Crippen LogP contribution in [0.4, 0.5) is 0 Å². The summed E-state index contributed by atoms with van der Waals surface area (Å²) in [4.78, 5) is 24.7. The van der Waals surface area contributed by atoms with Crippen LogP contribution in [0.25, 0.3) is 0 Å². The Hall–Kier alpha value is -1.10. The predicted octanol–water partition coefficient (Wildman–Crippen LogP) is 0.0600. The first-order valence-corrected chi connectivity index (χ1v) is 5.91. The van der Waals surface area contributed by atoms with Gasteiger partial charge in [-0.05, 0) is 25.8 Å². The molecule has 16 heavy (non-hydrogen) atoms. The van der Waals surface area contributed by atoms with Crippen molar-refractivity contribution in [2.75, 3.05) is 13.1 Å². The highest BCUT2D eigenvalue weighted by Crippen LogP contribution is 2.29. The van der Waals surface area contributed by atoms with Gasteiger partial charge in [0.05, 0.1) is 5.92 Å². The molecule has 3 unspecified atom stereocenters. The van der Waals surface area contributed by atoms with E-state index in [1.54, 1.807) is 0 Å². The van der Waals surface area contributed by atoms with E-state index in [0.717, 1.165) is 19.4 Å². The third-order valence-corrected chi connectivity index (χ3v) is 3.72. The van der Waals surface area contributed by atoms with Gasteiger partial charge in [0, 0.05) is 12.6 Å². The molecule has 0 radical (unpaired) electrons. The number of carbonyl (C=O) groups excluding carboxylic acids is 1. The molecule has 0 saturated carbocycles. The van der Waals surface area contributed by atoms with Gasteiger partial charge < -0.3 is 10.4 Å². The Morgan fingerprint density at radius 1 is 1.69 bits per heavy atom. The summed E-state index contributed by atoms with van der Waals surface area (Å²) in [6.07, 6.45) is 2.40. The summed E-state index contributed by atoms with van der Waals surface area (Å²) in [5, 5.41) is 12.0. The molecule has 2 N–H and O–H groups in total. The molecule has 0 bridgehead atoms. The van der Waals surface area contributed by atoms with Crippen LogP contribution in [0, 0.1) is 5.92 Å². The quantitative estimate of drug-likeness (QED) is 0.714. The van der Waals surface area contributed by atoms with Crippen molar-refractivity contribution in [1.29, 1.82) is 0 Å². The van der Waals surface area contributed by atoms with Gasteiger partial charge in [-0.25, -0.2) is 0 Å². The van der Waals surface area contributed by atoms with E-state index in [-0.39, 0.29) is 17.9 Å². The molecule has 0 aromatic carbocycles. The number of hydrogen-bond acceptors (Lipinski definition) is 3. The maximum Gasteiger partial charge on any atom is 0.320 e. The molecule has 2 rings (SSSR count). The topological polar surface area (TPSA) is 69.6 Å². The SMILES string of the molecule is CCC(C(=O)O)N1CCCC2C(=O)NCC21. The summed E-state index contributed by atoms with van der Waals surface area (Å²) < 4.78 is 0.